The minimum Gasteiger partial charge on any atom is -0.262 e. The first-order valence-corrected chi connectivity index (χ1v) is 6.09. The molecule has 2 rings (SSSR count). The van der Waals surface area contributed by atoms with E-state index in [2.05, 4.69) is 60.1 Å². The summed E-state index contributed by atoms with van der Waals surface area (Å²) in [5, 5.41) is 0. The topological polar surface area (TPSA) is 12.4 Å². The highest BCUT2D eigenvalue weighted by Gasteiger charge is 2.03. The van der Waals surface area contributed by atoms with Gasteiger partial charge in [-0.2, -0.15) is 0 Å². The van der Waals surface area contributed by atoms with Crippen LogP contribution in [0, 0.1) is 0 Å². The van der Waals surface area contributed by atoms with Gasteiger partial charge >= 0.3 is 0 Å². The van der Waals surface area contributed by atoms with Gasteiger partial charge in [-0.3, -0.25) is 4.99 Å². The van der Waals surface area contributed by atoms with Crippen molar-refractivity contribution in [2.75, 3.05) is 0 Å². The molecule has 1 aromatic carbocycles. The largest absolute Gasteiger partial charge is 0.262 e. The predicted octanol–water partition coefficient (Wildman–Crippen LogP) is 4.56. The van der Waals surface area contributed by atoms with E-state index in [4.69, 9.17) is 0 Å². The second-order valence-corrected chi connectivity index (χ2v) is 4.24. The molecule has 1 nitrogen and oxygen atoms in total. The van der Waals surface area contributed by atoms with Gasteiger partial charge in [0.2, 0.25) is 0 Å². The van der Waals surface area contributed by atoms with E-state index in [1.165, 1.54) is 16.7 Å². The number of aliphatic imine (C=N–C) groups is 1. The molecule has 90 valence electrons. The molecular weight excluding hydrogens is 218 g/mol. The van der Waals surface area contributed by atoms with Gasteiger partial charge in [0, 0.05) is 11.9 Å². The van der Waals surface area contributed by atoms with Crippen LogP contribution in [-0.4, -0.2) is 5.71 Å². The Bertz CT molecular complexity index is 542. The molecule has 1 aromatic rings. The number of allylic oxidation sites excluding steroid dienone is 6. The zero-order valence-corrected chi connectivity index (χ0v) is 10.6. The normalized spacial score (nSPS) is 17.7. The van der Waals surface area contributed by atoms with E-state index in [9.17, 15) is 0 Å². The Morgan fingerprint density at radius 3 is 2.61 bits per heavy atom. The third-order valence-corrected chi connectivity index (χ3v) is 2.83. The predicted molar refractivity (Wildman–Crippen MR) is 79.6 cm³/mol. The van der Waals surface area contributed by atoms with E-state index in [1.54, 1.807) is 6.20 Å². The van der Waals surface area contributed by atoms with Crippen molar-refractivity contribution in [2.45, 2.75) is 13.3 Å². The fourth-order valence-corrected chi connectivity index (χ4v) is 1.96. The van der Waals surface area contributed by atoms with Crippen molar-refractivity contribution in [3.63, 3.8) is 0 Å². The van der Waals surface area contributed by atoms with Gasteiger partial charge in [-0.15, -0.1) is 0 Å². The highest BCUT2D eigenvalue weighted by atomic mass is 14.7. The summed E-state index contributed by atoms with van der Waals surface area (Å²) < 4.78 is 0. The highest BCUT2D eigenvalue weighted by Crippen LogP contribution is 2.23. The van der Waals surface area contributed by atoms with Gasteiger partial charge in [0.1, 0.15) is 0 Å². The molecule has 0 aromatic heterocycles. The van der Waals surface area contributed by atoms with Crippen LogP contribution in [0.5, 0.6) is 0 Å². The van der Waals surface area contributed by atoms with Gasteiger partial charge in [0.05, 0.1) is 0 Å². The lowest BCUT2D eigenvalue weighted by molar-refractivity contribution is 1.27. The van der Waals surface area contributed by atoms with E-state index in [1.807, 2.05) is 13.0 Å². The standard InChI is InChI=1S/C17H17N/c1-3-18-14(2)13-15-9-11-17(12-10-15)16-7-5-4-6-8-16/h3-9,11-13H,1,10H2,2H3/b15-13-,18-14-. The van der Waals surface area contributed by atoms with Crippen LogP contribution >= 0.6 is 0 Å². The van der Waals surface area contributed by atoms with Crippen LogP contribution in [0.3, 0.4) is 0 Å². The summed E-state index contributed by atoms with van der Waals surface area (Å²) in [6, 6.07) is 10.4. The zero-order valence-electron chi connectivity index (χ0n) is 10.6. The Morgan fingerprint density at radius 1 is 1.22 bits per heavy atom. The molecule has 0 saturated heterocycles. The SMILES string of the molecule is C=C/N=C(C)\C=C1\C=CC(c2ccccc2)=CC1. The first-order valence-electron chi connectivity index (χ1n) is 6.09. The van der Waals surface area contributed by atoms with E-state index >= 15 is 0 Å². The quantitative estimate of drug-likeness (QED) is 0.681. The van der Waals surface area contributed by atoms with Crippen molar-refractivity contribution in [3.8, 4) is 0 Å². The van der Waals surface area contributed by atoms with Gasteiger partial charge in [-0.25, -0.2) is 0 Å². The minimum atomic E-state index is 0.949. The molecule has 0 aliphatic heterocycles. The van der Waals surface area contributed by atoms with E-state index in [-0.39, 0.29) is 0 Å². The van der Waals surface area contributed by atoms with Crippen LogP contribution in [-0.2, 0) is 0 Å². The molecule has 0 amide bonds. The van der Waals surface area contributed by atoms with Gasteiger partial charge in [0.15, 0.2) is 0 Å². The van der Waals surface area contributed by atoms with Crippen molar-refractivity contribution in [1.29, 1.82) is 0 Å². The van der Waals surface area contributed by atoms with Crippen molar-refractivity contribution in [2.24, 2.45) is 4.99 Å². The van der Waals surface area contributed by atoms with E-state index in [0.717, 1.165) is 12.1 Å². The first kappa shape index (κ1) is 12.3. The van der Waals surface area contributed by atoms with Gasteiger partial charge in [0.25, 0.3) is 0 Å². The van der Waals surface area contributed by atoms with Gasteiger partial charge in [-0.1, -0.05) is 55.1 Å². The van der Waals surface area contributed by atoms with E-state index in [0.29, 0.717) is 0 Å². The lowest BCUT2D eigenvalue weighted by Crippen LogP contribution is -1.92. The number of hydrogen-bond acceptors (Lipinski definition) is 1. The maximum Gasteiger partial charge on any atom is 0.0375 e. The van der Waals surface area contributed by atoms with Crippen molar-refractivity contribution >= 4 is 11.3 Å². The maximum atomic E-state index is 4.15. The monoisotopic (exact) mass is 235 g/mol. The molecule has 0 heterocycles. The Morgan fingerprint density at radius 2 is 2.00 bits per heavy atom. The molecule has 0 spiro atoms. The number of nitrogens with zero attached hydrogens (tertiary/aromatic N) is 1. The summed E-state index contributed by atoms with van der Waals surface area (Å²) in [7, 11) is 0. The molecule has 0 N–H and O–H groups in total. The van der Waals surface area contributed by atoms with Crippen LogP contribution < -0.4 is 0 Å². The molecular formula is C17H17N. The van der Waals surface area contributed by atoms with Gasteiger partial charge < -0.3 is 0 Å². The third-order valence-electron chi connectivity index (χ3n) is 2.83. The van der Waals surface area contributed by atoms with Crippen molar-refractivity contribution in [1.82, 2.24) is 0 Å². The molecule has 18 heavy (non-hydrogen) atoms. The lowest BCUT2D eigenvalue weighted by atomic mass is 9.96. The molecule has 0 saturated carbocycles. The Kier molecular flexibility index (Phi) is 4.08. The Labute approximate surface area is 109 Å². The summed E-state index contributed by atoms with van der Waals surface area (Å²) >= 11 is 0. The molecule has 0 atom stereocenters. The molecule has 0 unspecified atom stereocenters. The molecule has 0 radical (unpaired) electrons. The average molecular weight is 235 g/mol. The number of rotatable bonds is 3. The van der Waals surface area contributed by atoms with Crippen LogP contribution in [0.15, 0.2) is 78.0 Å². The Balaban J connectivity index is 2.13. The summed E-state index contributed by atoms with van der Waals surface area (Å²) in [6.45, 7) is 5.58. The third kappa shape index (κ3) is 3.17. The summed E-state index contributed by atoms with van der Waals surface area (Å²) in [4.78, 5) is 4.15. The summed E-state index contributed by atoms with van der Waals surface area (Å²) in [6.07, 6.45) is 11.2. The maximum absolute atomic E-state index is 4.15. The number of benzene rings is 1. The van der Waals surface area contributed by atoms with Crippen LogP contribution in [0.4, 0.5) is 0 Å². The fraction of sp³-hybridized carbons (Fsp3) is 0.118. The Hall–Kier alpha value is -2.15. The molecule has 0 bridgehead atoms. The molecule has 1 aliphatic rings. The van der Waals surface area contributed by atoms with Crippen LogP contribution in [0.1, 0.15) is 18.9 Å². The lowest BCUT2D eigenvalue weighted by Gasteiger charge is -2.09. The zero-order chi connectivity index (χ0) is 12.8. The van der Waals surface area contributed by atoms with Crippen molar-refractivity contribution in [3.05, 3.63) is 78.6 Å². The van der Waals surface area contributed by atoms with Crippen LogP contribution in [0.2, 0.25) is 0 Å². The smallest absolute Gasteiger partial charge is 0.0375 e. The fourth-order valence-electron chi connectivity index (χ4n) is 1.96. The van der Waals surface area contributed by atoms with Crippen LogP contribution in [0.25, 0.3) is 5.57 Å². The average Bonchev–Trinajstić information content (AvgIpc) is 2.41. The molecule has 0 fully saturated rings. The van der Waals surface area contributed by atoms with Gasteiger partial charge in [-0.05, 0) is 36.1 Å². The first-order chi connectivity index (χ1) is 8.79. The van der Waals surface area contributed by atoms with E-state index < -0.39 is 0 Å². The molecule has 1 aliphatic carbocycles. The van der Waals surface area contributed by atoms with Crippen molar-refractivity contribution < 1.29 is 0 Å². The highest BCUT2D eigenvalue weighted by molar-refractivity contribution is 5.94. The minimum absolute atomic E-state index is 0.949. The second-order valence-electron chi connectivity index (χ2n) is 4.24. The summed E-state index contributed by atoms with van der Waals surface area (Å²) in [5.41, 5.74) is 4.81. The number of hydrogen-bond donors (Lipinski definition) is 0. The summed E-state index contributed by atoms with van der Waals surface area (Å²) in [5.74, 6) is 0. The molecule has 1 heteroatoms. The second kappa shape index (κ2) is 5.97.